The van der Waals surface area contributed by atoms with Gasteiger partial charge in [-0.3, -0.25) is 19.8 Å². The van der Waals surface area contributed by atoms with Crippen molar-refractivity contribution in [2.45, 2.75) is 6.42 Å². The van der Waals surface area contributed by atoms with Crippen molar-refractivity contribution in [3.05, 3.63) is 54.5 Å². The Hall–Kier alpha value is -2.62. The van der Waals surface area contributed by atoms with Gasteiger partial charge in [0.25, 0.3) is 0 Å². The summed E-state index contributed by atoms with van der Waals surface area (Å²) in [5, 5.41) is 0. The fourth-order valence-electron chi connectivity index (χ4n) is 1.95. The summed E-state index contributed by atoms with van der Waals surface area (Å²) in [5.74, 6) is 0.0441. The molecule has 0 spiro atoms. The molecule has 0 unspecified atom stereocenters. The molecule has 0 fully saturated rings. The van der Waals surface area contributed by atoms with Gasteiger partial charge >= 0.3 is 0 Å². The van der Waals surface area contributed by atoms with Gasteiger partial charge < -0.3 is 0 Å². The van der Waals surface area contributed by atoms with E-state index in [-0.39, 0.29) is 5.78 Å². The molecule has 0 atom stereocenters. The third-order valence-electron chi connectivity index (χ3n) is 2.81. The molecule has 0 saturated carbocycles. The van der Waals surface area contributed by atoms with Crippen LogP contribution < -0.4 is 0 Å². The van der Waals surface area contributed by atoms with E-state index in [9.17, 15) is 4.79 Å². The second-order valence-electron chi connectivity index (χ2n) is 4.13. The van der Waals surface area contributed by atoms with Crippen LogP contribution in [-0.2, 0) is 4.79 Å². The molecule has 19 heavy (non-hydrogen) atoms. The number of hydrogen-bond donors (Lipinski definition) is 0. The standard InChI is InChI=1S/C15H11N3O/c19-11-6-9-17-14(10-11)15-12(4-3-8-18-15)13-5-1-2-7-16-13/h1-5,7-10H,6H2. The monoisotopic (exact) mass is 249 g/mol. The lowest BCUT2D eigenvalue weighted by atomic mass is 10.0. The number of allylic oxidation sites excluding steroid dienone is 1. The zero-order chi connectivity index (χ0) is 13.1. The van der Waals surface area contributed by atoms with Crippen molar-refractivity contribution < 1.29 is 4.79 Å². The van der Waals surface area contributed by atoms with Gasteiger partial charge in [-0.2, -0.15) is 0 Å². The maximum atomic E-state index is 11.5. The van der Waals surface area contributed by atoms with E-state index in [4.69, 9.17) is 0 Å². The van der Waals surface area contributed by atoms with Crippen LogP contribution in [0.4, 0.5) is 0 Å². The topological polar surface area (TPSA) is 55.2 Å². The summed E-state index contributed by atoms with van der Waals surface area (Å²) >= 11 is 0. The molecule has 0 aromatic carbocycles. The number of pyridine rings is 2. The Morgan fingerprint density at radius 2 is 1.89 bits per heavy atom. The number of ketones is 1. The van der Waals surface area contributed by atoms with Crippen molar-refractivity contribution >= 4 is 17.7 Å². The molecule has 0 aliphatic carbocycles. The van der Waals surface area contributed by atoms with Crippen LogP contribution in [0.1, 0.15) is 12.1 Å². The maximum absolute atomic E-state index is 11.5. The predicted molar refractivity (Wildman–Crippen MR) is 73.6 cm³/mol. The predicted octanol–water partition coefficient (Wildman–Crippen LogP) is 2.53. The van der Waals surface area contributed by atoms with Crippen LogP contribution in [0.5, 0.6) is 0 Å². The van der Waals surface area contributed by atoms with E-state index in [0.717, 1.165) is 11.3 Å². The normalized spacial score (nSPS) is 14.3. The van der Waals surface area contributed by atoms with E-state index in [1.54, 1.807) is 18.6 Å². The quantitative estimate of drug-likeness (QED) is 0.821. The maximum Gasteiger partial charge on any atom is 0.163 e. The van der Waals surface area contributed by atoms with E-state index in [1.165, 1.54) is 6.08 Å². The molecule has 0 radical (unpaired) electrons. The van der Waals surface area contributed by atoms with Gasteiger partial charge in [0.05, 0.1) is 17.1 Å². The minimum atomic E-state index is 0.0441. The van der Waals surface area contributed by atoms with Crippen LogP contribution in [0.3, 0.4) is 0 Å². The van der Waals surface area contributed by atoms with Crippen LogP contribution in [0.15, 0.2) is 53.8 Å². The summed E-state index contributed by atoms with van der Waals surface area (Å²) in [6.45, 7) is 0. The smallest absolute Gasteiger partial charge is 0.163 e. The molecule has 2 aromatic rings. The lowest BCUT2D eigenvalue weighted by Gasteiger charge is -2.10. The van der Waals surface area contributed by atoms with Crippen LogP contribution in [0.25, 0.3) is 17.0 Å². The molecular weight excluding hydrogens is 238 g/mol. The van der Waals surface area contributed by atoms with Crippen molar-refractivity contribution in [2.75, 3.05) is 0 Å². The Kier molecular flexibility index (Phi) is 2.98. The fourth-order valence-corrected chi connectivity index (χ4v) is 1.95. The van der Waals surface area contributed by atoms with Crippen LogP contribution in [0, 0.1) is 0 Å². The van der Waals surface area contributed by atoms with Gasteiger partial charge in [-0.05, 0) is 24.3 Å². The van der Waals surface area contributed by atoms with Gasteiger partial charge in [0.15, 0.2) is 5.78 Å². The first-order valence-electron chi connectivity index (χ1n) is 5.98. The molecule has 0 amide bonds. The van der Waals surface area contributed by atoms with Crippen molar-refractivity contribution in [3.8, 4) is 11.3 Å². The van der Waals surface area contributed by atoms with Crippen LogP contribution in [0.2, 0.25) is 0 Å². The Labute approximate surface area is 110 Å². The first kappa shape index (κ1) is 11.5. The largest absolute Gasteiger partial charge is 0.294 e. The SMILES string of the molecule is O=C1C=C(c2ncccc2-c2ccccn2)N=CC1. The van der Waals surface area contributed by atoms with Gasteiger partial charge in [-0.25, -0.2) is 0 Å². The highest BCUT2D eigenvalue weighted by molar-refractivity contribution is 6.07. The summed E-state index contributed by atoms with van der Waals surface area (Å²) in [6, 6.07) is 9.47. The molecule has 1 aliphatic heterocycles. The first-order chi connectivity index (χ1) is 9.34. The van der Waals surface area contributed by atoms with E-state index in [1.807, 2.05) is 30.3 Å². The van der Waals surface area contributed by atoms with Gasteiger partial charge in [0.2, 0.25) is 0 Å². The molecule has 3 rings (SSSR count). The number of carbonyl (C=O) groups is 1. The van der Waals surface area contributed by atoms with Crippen molar-refractivity contribution in [1.29, 1.82) is 0 Å². The number of rotatable bonds is 2. The average Bonchev–Trinajstić information content (AvgIpc) is 2.48. The zero-order valence-electron chi connectivity index (χ0n) is 10.2. The minimum absolute atomic E-state index is 0.0441. The summed E-state index contributed by atoms with van der Waals surface area (Å²) in [6.07, 6.45) is 6.94. The Morgan fingerprint density at radius 3 is 2.68 bits per heavy atom. The third-order valence-corrected chi connectivity index (χ3v) is 2.81. The van der Waals surface area contributed by atoms with Crippen molar-refractivity contribution in [2.24, 2.45) is 4.99 Å². The summed E-state index contributed by atoms with van der Waals surface area (Å²) < 4.78 is 0. The molecule has 1 aliphatic rings. The number of carbonyl (C=O) groups excluding carboxylic acids is 1. The highest BCUT2D eigenvalue weighted by Gasteiger charge is 2.14. The third kappa shape index (κ3) is 2.33. The minimum Gasteiger partial charge on any atom is -0.294 e. The van der Waals surface area contributed by atoms with Gasteiger partial charge in [0.1, 0.15) is 0 Å². The number of hydrogen-bond acceptors (Lipinski definition) is 4. The number of aliphatic imine (C=N–C) groups is 1. The summed E-state index contributed by atoms with van der Waals surface area (Å²) in [7, 11) is 0. The van der Waals surface area contributed by atoms with E-state index < -0.39 is 0 Å². The average molecular weight is 249 g/mol. The molecule has 0 N–H and O–H groups in total. The number of nitrogens with zero attached hydrogens (tertiary/aromatic N) is 3. The zero-order valence-corrected chi connectivity index (χ0v) is 10.2. The Bertz CT molecular complexity index is 675. The second-order valence-corrected chi connectivity index (χ2v) is 4.13. The Morgan fingerprint density at radius 1 is 1.00 bits per heavy atom. The second kappa shape index (κ2) is 4.94. The number of aromatic nitrogens is 2. The van der Waals surface area contributed by atoms with E-state index in [0.29, 0.717) is 17.8 Å². The van der Waals surface area contributed by atoms with Crippen LogP contribution in [-0.4, -0.2) is 22.0 Å². The van der Waals surface area contributed by atoms with E-state index >= 15 is 0 Å². The molecule has 0 bridgehead atoms. The molecule has 4 heteroatoms. The lowest BCUT2D eigenvalue weighted by molar-refractivity contribution is -0.113. The molecule has 3 heterocycles. The molecular formula is C15H11N3O. The van der Waals surface area contributed by atoms with Gasteiger partial charge in [-0.1, -0.05) is 6.07 Å². The highest BCUT2D eigenvalue weighted by Crippen LogP contribution is 2.27. The molecule has 92 valence electrons. The van der Waals surface area contributed by atoms with Crippen molar-refractivity contribution in [3.63, 3.8) is 0 Å². The first-order valence-corrected chi connectivity index (χ1v) is 5.98. The fraction of sp³-hybridized carbons (Fsp3) is 0.0667. The Balaban J connectivity index is 2.13. The molecule has 4 nitrogen and oxygen atoms in total. The van der Waals surface area contributed by atoms with Crippen molar-refractivity contribution in [1.82, 2.24) is 9.97 Å². The lowest BCUT2D eigenvalue weighted by Crippen LogP contribution is -2.03. The summed E-state index contributed by atoms with van der Waals surface area (Å²) in [5.41, 5.74) is 2.98. The van der Waals surface area contributed by atoms with Crippen LogP contribution >= 0.6 is 0 Å². The van der Waals surface area contributed by atoms with Gasteiger partial charge in [0, 0.05) is 36.7 Å². The molecule has 2 aromatic heterocycles. The highest BCUT2D eigenvalue weighted by atomic mass is 16.1. The van der Waals surface area contributed by atoms with E-state index in [2.05, 4.69) is 15.0 Å². The molecule has 0 saturated heterocycles. The van der Waals surface area contributed by atoms with Gasteiger partial charge in [-0.15, -0.1) is 0 Å². The summed E-state index contributed by atoms with van der Waals surface area (Å²) in [4.78, 5) is 24.4.